The smallest absolute Gasteiger partial charge is 0.435 e. The molecule has 0 aromatic rings. The molecular weight excluding hydrogens is 204 g/mol. The molecular formula is C13H24O3. The Kier molecular flexibility index (Phi) is 5.10. The van der Waals surface area contributed by atoms with E-state index in [4.69, 9.17) is 9.47 Å². The Hall–Kier alpha value is -0.730. The number of carbonyl (C=O) groups excluding carboxylic acids is 1. The highest BCUT2D eigenvalue weighted by molar-refractivity contribution is 5.60. The Morgan fingerprint density at radius 1 is 1.38 bits per heavy atom. The van der Waals surface area contributed by atoms with Gasteiger partial charge in [-0.1, -0.05) is 27.2 Å². The van der Waals surface area contributed by atoms with Crippen molar-refractivity contribution in [2.45, 2.75) is 53.1 Å². The van der Waals surface area contributed by atoms with Crippen LogP contribution in [0.5, 0.6) is 0 Å². The van der Waals surface area contributed by atoms with Gasteiger partial charge in [0, 0.05) is 0 Å². The van der Waals surface area contributed by atoms with Gasteiger partial charge in [-0.15, -0.1) is 0 Å². The SMILES string of the molecule is CCOC(=O)OC1C[C@H](C)CC[C@H]1C(C)C. The average Bonchev–Trinajstić information content (AvgIpc) is 2.17. The van der Waals surface area contributed by atoms with Crippen LogP contribution >= 0.6 is 0 Å². The summed E-state index contributed by atoms with van der Waals surface area (Å²) in [5.74, 6) is 1.70. The van der Waals surface area contributed by atoms with Crippen LogP contribution in [0, 0.1) is 17.8 Å². The van der Waals surface area contributed by atoms with Crippen LogP contribution < -0.4 is 0 Å². The van der Waals surface area contributed by atoms with Crippen molar-refractivity contribution in [3.8, 4) is 0 Å². The van der Waals surface area contributed by atoms with Gasteiger partial charge in [0.15, 0.2) is 0 Å². The third-order valence-corrected chi connectivity index (χ3v) is 3.47. The summed E-state index contributed by atoms with van der Waals surface area (Å²) in [4.78, 5) is 11.3. The number of hydrogen-bond donors (Lipinski definition) is 0. The largest absolute Gasteiger partial charge is 0.508 e. The normalized spacial score (nSPS) is 30.2. The molecule has 0 aliphatic heterocycles. The molecule has 3 atom stereocenters. The van der Waals surface area contributed by atoms with Gasteiger partial charge in [0.2, 0.25) is 0 Å². The van der Waals surface area contributed by atoms with Gasteiger partial charge < -0.3 is 9.47 Å². The minimum Gasteiger partial charge on any atom is -0.435 e. The number of carbonyl (C=O) groups is 1. The molecule has 0 radical (unpaired) electrons. The van der Waals surface area contributed by atoms with Gasteiger partial charge in [0.25, 0.3) is 0 Å². The maximum atomic E-state index is 11.3. The van der Waals surface area contributed by atoms with E-state index in [1.807, 2.05) is 0 Å². The van der Waals surface area contributed by atoms with E-state index in [2.05, 4.69) is 20.8 Å². The lowest BCUT2D eigenvalue weighted by Crippen LogP contribution is -2.36. The number of hydrogen-bond acceptors (Lipinski definition) is 3. The third kappa shape index (κ3) is 3.69. The molecule has 1 unspecified atom stereocenters. The van der Waals surface area contributed by atoms with Crippen molar-refractivity contribution in [3.05, 3.63) is 0 Å². The molecule has 1 saturated carbocycles. The Labute approximate surface area is 98.5 Å². The molecule has 1 fully saturated rings. The van der Waals surface area contributed by atoms with Crippen LogP contribution in [0.3, 0.4) is 0 Å². The van der Waals surface area contributed by atoms with E-state index in [0.29, 0.717) is 24.4 Å². The minimum atomic E-state index is -0.507. The predicted octanol–water partition coefficient (Wildman–Crippen LogP) is 3.62. The van der Waals surface area contributed by atoms with Crippen LogP contribution in [-0.2, 0) is 9.47 Å². The summed E-state index contributed by atoms with van der Waals surface area (Å²) in [7, 11) is 0. The lowest BCUT2D eigenvalue weighted by atomic mass is 9.75. The van der Waals surface area contributed by atoms with E-state index >= 15 is 0 Å². The van der Waals surface area contributed by atoms with Crippen LogP contribution in [0.1, 0.15) is 47.0 Å². The molecule has 3 heteroatoms. The molecule has 0 amide bonds. The molecule has 1 aliphatic carbocycles. The molecule has 0 heterocycles. The first-order valence-electron chi connectivity index (χ1n) is 6.38. The molecule has 3 nitrogen and oxygen atoms in total. The van der Waals surface area contributed by atoms with Gasteiger partial charge in [0.05, 0.1) is 6.61 Å². The maximum absolute atomic E-state index is 11.3. The summed E-state index contributed by atoms with van der Waals surface area (Å²) in [5.41, 5.74) is 0. The van der Waals surface area contributed by atoms with Gasteiger partial charge in [-0.25, -0.2) is 4.79 Å². The van der Waals surface area contributed by atoms with Crippen LogP contribution in [0.2, 0.25) is 0 Å². The molecule has 1 rings (SSSR count). The van der Waals surface area contributed by atoms with Gasteiger partial charge >= 0.3 is 6.16 Å². The van der Waals surface area contributed by atoms with Gasteiger partial charge in [-0.2, -0.15) is 0 Å². The van der Waals surface area contributed by atoms with Crippen molar-refractivity contribution < 1.29 is 14.3 Å². The monoisotopic (exact) mass is 228 g/mol. The number of ether oxygens (including phenoxy) is 2. The van der Waals surface area contributed by atoms with Gasteiger partial charge in [0.1, 0.15) is 6.10 Å². The van der Waals surface area contributed by atoms with Crippen molar-refractivity contribution in [1.29, 1.82) is 0 Å². The molecule has 0 bridgehead atoms. The molecule has 16 heavy (non-hydrogen) atoms. The average molecular weight is 228 g/mol. The summed E-state index contributed by atoms with van der Waals surface area (Å²) >= 11 is 0. The first-order valence-corrected chi connectivity index (χ1v) is 6.38. The Balaban J connectivity index is 2.54. The molecule has 94 valence electrons. The van der Waals surface area contributed by atoms with E-state index in [1.54, 1.807) is 6.92 Å². The second kappa shape index (κ2) is 6.12. The first kappa shape index (κ1) is 13.3. The van der Waals surface area contributed by atoms with E-state index < -0.39 is 6.16 Å². The maximum Gasteiger partial charge on any atom is 0.508 e. The van der Waals surface area contributed by atoms with Crippen molar-refractivity contribution in [1.82, 2.24) is 0 Å². The summed E-state index contributed by atoms with van der Waals surface area (Å²) in [6.45, 7) is 8.79. The fourth-order valence-electron chi connectivity index (χ4n) is 2.53. The standard InChI is InChI=1S/C13H24O3/c1-5-15-13(14)16-12-8-10(4)6-7-11(12)9(2)3/h9-12H,5-8H2,1-4H3/t10-,11+,12?/m1/s1. The van der Waals surface area contributed by atoms with Gasteiger partial charge in [-0.05, 0) is 37.5 Å². The molecule has 0 aromatic carbocycles. The highest BCUT2D eigenvalue weighted by Crippen LogP contribution is 2.35. The Morgan fingerprint density at radius 3 is 2.62 bits per heavy atom. The molecule has 0 N–H and O–H groups in total. The van der Waals surface area contributed by atoms with Crippen molar-refractivity contribution >= 4 is 6.16 Å². The lowest BCUT2D eigenvalue weighted by molar-refractivity contribution is -0.0303. The Morgan fingerprint density at radius 2 is 2.06 bits per heavy atom. The summed E-state index contributed by atoms with van der Waals surface area (Å²) in [5, 5.41) is 0. The van der Waals surface area contributed by atoms with E-state index in [-0.39, 0.29) is 6.10 Å². The Bertz CT molecular complexity index is 225. The zero-order valence-corrected chi connectivity index (χ0v) is 10.9. The van der Waals surface area contributed by atoms with Crippen LogP contribution in [-0.4, -0.2) is 18.9 Å². The molecule has 0 spiro atoms. The zero-order valence-electron chi connectivity index (χ0n) is 10.9. The summed E-state index contributed by atoms with van der Waals surface area (Å²) < 4.78 is 10.3. The molecule has 1 aliphatic rings. The number of rotatable bonds is 3. The highest BCUT2D eigenvalue weighted by atomic mass is 16.7. The van der Waals surface area contributed by atoms with Crippen molar-refractivity contribution in [3.63, 3.8) is 0 Å². The van der Waals surface area contributed by atoms with Crippen LogP contribution in [0.15, 0.2) is 0 Å². The summed E-state index contributed by atoms with van der Waals surface area (Å²) in [6.07, 6.45) is 2.91. The fourth-order valence-corrected chi connectivity index (χ4v) is 2.53. The first-order chi connectivity index (χ1) is 7.54. The summed E-state index contributed by atoms with van der Waals surface area (Å²) in [6, 6.07) is 0. The predicted molar refractivity (Wildman–Crippen MR) is 63.2 cm³/mol. The van der Waals surface area contributed by atoms with Crippen LogP contribution in [0.4, 0.5) is 4.79 Å². The molecule has 0 aromatic heterocycles. The highest BCUT2D eigenvalue weighted by Gasteiger charge is 2.33. The second-order valence-corrected chi connectivity index (χ2v) is 5.17. The lowest BCUT2D eigenvalue weighted by Gasteiger charge is -2.36. The molecule has 0 saturated heterocycles. The minimum absolute atomic E-state index is 0.0443. The van der Waals surface area contributed by atoms with Crippen molar-refractivity contribution in [2.75, 3.05) is 6.61 Å². The quantitative estimate of drug-likeness (QED) is 0.692. The van der Waals surface area contributed by atoms with E-state index in [1.165, 1.54) is 6.42 Å². The fraction of sp³-hybridized carbons (Fsp3) is 0.923. The van der Waals surface area contributed by atoms with E-state index in [9.17, 15) is 4.79 Å². The second-order valence-electron chi connectivity index (χ2n) is 5.17. The van der Waals surface area contributed by atoms with E-state index in [0.717, 1.165) is 12.8 Å². The van der Waals surface area contributed by atoms with Crippen LogP contribution in [0.25, 0.3) is 0 Å². The zero-order chi connectivity index (χ0) is 12.1. The van der Waals surface area contributed by atoms with Crippen molar-refractivity contribution in [2.24, 2.45) is 17.8 Å². The van der Waals surface area contributed by atoms with Gasteiger partial charge in [-0.3, -0.25) is 0 Å². The topological polar surface area (TPSA) is 35.5 Å². The third-order valence-electron chi connectivity index (χ3n) is 3.47.